The molecule has 4 nitrogen and oxygen atoms in total. The van der Waals surface area contributed by atoms with Gasteiger partial charge in [0.05, 0.1) is 0 Å². The second kappa shape index (κ2) is 3.53. The Hall–Kier alpha value is -0.610. The van der Waals surface area contributed by atoms with E-state index in [0.717, 1.165) is 0 Å². The van der Waals surface area contributed by atoms with Crippen LogP contribution in [0.1, 0.15) is 6.92 Å². The number of aliphatic carboxylic acids is 1. The molecule has 10 heavy (non-hydrogen) atoms. The number of aliphatic hydroxyl groups excluding tert-OH is 1. The van der Waals surface area contributed by atoms with Crippen molar-refractivity contribution in [1.29, 1.82) is 0 Å². The molecule has 0 fully saturated rings. The molecule has 0 aliphatic rings. The third kappa shape index (κ3) is 2.33. The number of nitrogens with zero attached hydrogens (tertiary/aromatic N) is 1. The summed E-state index contributed by atoms with van der Waals surface area (Å²) >= 11 is 0. The number of carboxylic acid groups (broad SMARTS) is 1. The molecule has 0 aromatic rings. The summed E-state index contributed by atoms with van der Waals surface area (Å²) in [5, 5.41) is 17.2. The van der Waals surface area contributed by atoms with Crippen molar-refractivity contribution in [3.05, 3.63) is 0 Å². The van der Waals surface area contributed by atoms with E-state index in [9.17, 15) is 4.79 Å². The van der Waals surface area contributed by atoms with Gasteiger partial charge in [-0.05, 0) is 21.0 Å². The van der Waals surface area contributed by atoms with Crippen LogP contribution in [0.5, 0.6) is 0 Å². The first-order valence-electron chi connectivity index (χ1n) is 3.04. The molecule has 0 spiro atoms. The zero-order chi connectivity index (χ0) is 8.31. The number of aliphatic hydroxyl groups is 1. The molecule has 0 saturated carbocycles. The summed E-state index contributed by atoms with van der Waals surface area (Å²) in [7, 11) is 3.44. The lowest BCUT2D eigenvalue weighted by Crippen LogP contribution is -2.41. The second-order valence-electron chi connectivity index (χ2n) is 2.49. The Morgan fingerprint density at radius 3 is 2.00 bits per heavy atom. The monoisotopic (exact) mass is 147 g/mol. The molecule has 0 bridgehead atoms. The Bertz CT molecular complexity index is 124. The van der Waals surface area contributed by atoms with Gasteiger partial charge >= 0.3 is 5.97 Å². The SMILES string of the molecule is CC(C(O)C(=O)O)N(C)C. The molecule has 2 N–H and O–H groups in total. The molecule has 0 aliphatic heterocycles. The molecule has 0 aromatic carbocycles. The number of carbonyl (C=O) groups is 1. The summed E-state index contributed by atoms with van der Waals surface area (Å²) in [5.41, 5.74) is 0. The Kier molecular flexibility index (Phi) is 3.32. The van der Waals surface area contributed by atoms with Crippen molar-refractivity contribution in [2.75, 3.05) is 14.1 Å². The second-order valence-corrected chi connectivity index (χ2v) is 2.49. The van der Waals surface area contributed by atoms with Crippen LogP contribution in [-0.4, -0.2) is 47.3 Å². The van der Waals surface area contributed by atoms with E-state index in [1.54, 1.807) is 25.9 Å². The maximum Gasteiger partial charge on any atom is 0.334 e. The molecule has 0 heterocycles. The predicted octanol–water partition coefficient (Wildman–Crippen LogP) is -0.618. The molecular weight excluding hydrogens is 134 g/mol. The van der Waals surface area contributed by atoms with Crippen LogP contribution in [0.15, 0.2) is 0 Å². The Morgan fingerprint density at radius 1 is 1.50 bits per heavy atom. The van der Waals surface area contributed by atoms with Gasteiger partial charge in [0.2, 0.25) is 0 Å². The highest BCUT2D eigenvalue weighted by Gasteiger charge is 2.22. The van der Waals surface area contributed by atoms with E-state index in [0.29, 0.717) is 0 Å². The van der Waals surface area contributed by atoms with Gasteiger partial charge in [0.1, 0.15) is 0 Å². The van der Waals surface area contributed by atoms with Crippen LogP contribution >= 0.6 is 0 Å². The van der Waals surface area contributed by atoms with Gasteiger partial charge in [-0.15, -0.1) is 0 Å². The lowest BCUT2D eigenvalue weighted by molar-refractivity contribution is -0.149. The van der Waals surface area contributed by atoms with Crippen LogP contribution in [-0.2, 0) is 4.79 Å². The van der Waals surface area contributed by atoms with Crippen molar-refractivity contribution in [3.8, 4) is 0 Å². The normalized spacial score (nSPS) is 16.9. The highest BCUT2D eigenvalue weighted by molar-refractivity contribution is 5.72. The topological polar surface area (TPSA) is 60.8 Å². The summed E-state index contributed by atoms with van der Waals surface area (Å²) in [6.07, 6.45) is -1.30. The quantitative estimate of drug-likeness (QED) is 0.558. The van der Waals surface area contributed by atoms with E-state index in [1.807, 2.05) is 0 Å². The Morgan fingerprint density at radius 2 is 1.90 bits per heavy atom. The molecule has 60 valence electrons. The summed E-state index contributed by atoms with van der Waals surface area (Å²) in [6, 6.07) is -0.350. The van der Waals surface area contributed by atoms with E-state index in [-0.39, 0.29) is 6.04 Å². The van der Waals surface area contributed by atoms with E-state index in [1.165, 1.54) is 0 Å². The van der Waals surface area contributed by atoms with Crippen molar-refractivity contribution in [2.24, 2.45) is 0 Å². The van der Waals surface area contributed by atoms with E-state index in [2.05, 4.69) is 0 Å². The van der Waals surface area contributed by atoms with Gasteiger partial charge in [-0.1, -0.05) is 0 Å². The third-order valence-corrected chi connectivity index (χ3v) is 1.52. The molecule has 0 amide bonds. The van der Waals surface area contributed by atoms with Crippen LogP contribution in [0.25, 0.3) is 0 Å². The standard InChI is InChI=1S/C6H13NO3/c1-4(7(2)3)5(8)6(9)10/h4-5,8H,1-3H3,(H,9,10). The number of hydrogen-bond acceptors (Lipinski definition) is 3. The zero-order valence-electron chi connectivity index (χ0n) is 6.40. The molecule has 0 saturated heterocycles. The van der Waals surface area contributed by atoms with Crippen molar-refractivity contribution in [1.82, 2.24) is 4.90 Å². The molecular formula is C6H13NO3. The van der Waals surface area contributed by atoms with Gasteiger partial charge in [0.15, 0.2) is 6.10 Å². The van der Waals surface area contributed by atoms with Gasteiger partial charge in [0.25, 0.3) is 0 Å². The van der Waals surface area contributed by atoms with E-state index in [4.69, 9.17) is 10.2 Å². The van der Waals surface area contributed by atoms with Crippen molar-refractivity contribution in [3.63, 3.8) is 0 Å². The highest BCUT2D eigenvalue weighted by atomic mass is 16.4. The fraction of sp³-hybridized carbons (Fsp3) is 0.833. The third-order valence-electron chi connectivity index (χ3n) is 1.52. The van der Waals surface area contributed by atoms with Crippen molar-refractivity contribution in [2.45, 2.75) is 19.1 Å². The first kappa shape index (κ1) is 9.39. The number of rotatable bonds is 3. The number of hydrogen-bond donors (Lipinski definition) is 2. The molecule has 0 aliphatic carbocycles. The van der Waals surface area contributed by atoms with Gasteiger partial charge in [0, 0.05) is 6.04 Å². The van der Waals surface area contributed by atoms with Gasteiger partial charge in [-0.25, -0.2) is 4.79 Å². The van der Waals surface area contributed by atoms with E-state index >= 15 is 0 Å². The minimum atomic E-state index is -1.30. The predicted molar refractivity (Wildman–Crippen MR) is 36.8 cm³/mol. The fourth-order valence-electron chi connectivity index (χ4n) is 0.489. The highest BCUT2D eigenvalue weighted by Crippen LogP contribution is 1.98. The van der Waals surface area contributed by atoms with Gasteiger partial charge < -0.3 is 15.1 Å². The lowest BCUT2D eigenvalue weighted by atomic mass is 10.2. The minimum Gasteiger partial charge on any atom is -0.479 e. The summed E-state index contributed by atoms with van der Waals surface area (Å²) in [4.78, 5) is 11.8. The smallest absolute Gasteiger partial charge is 0.334 e. The zero-order valence-corrected chi connectivity index (χ0v) is 6.40. The average Bonchev–Trinajstić information content (AvgIpc) is 1.84. The van der Waals surface area contributed by atoms with Crippen molar-refractivity contribution >= 4 is 5.97 Å². The summed E-state index contributed by atoms with van der Waals surface area (Å²) in [5.74, 6) is -1.18. The van der Waals surface area contributed by atoms with Crippen molar-refractivity contribution < 1.29 is 15.0 Å². The fourth-order valence-corrected chi connectivity index (χ4v) is 0.489. The van der Waals surface area contributed by atoms with Crippen LogP contribution in [0, 0.1) is 0 Å². The lowest BCUT2D eigenvalue weighted by Gasteiger charge is -2.21. The molecule has 0 radical (unpaired) electrons. The molecule has 2 atom stereocenters. The molecule has 0 rings (SSSR count). The van der Waals surface area contributed by atoms with E-state index < -0.39 is 12.1 Å². The first-order chi connectivity index (χ1) is 4.46. The summed E-state index contributed by atoms with van der Waals surface area (Å²) in [6.45, 7) is 1.65. The summed E-state index contributed by atoms with van der Waals surface area (Å²) < 4.78 is 0. The number of carboxylic acids is 1. The first-order valence-corrected chi connectivity index (χ1v) is 3.04. The maximum atomic E-state index is 10.2. The van der Waals surface area contributed by atoms with Gasteiger partial charge in [-0.2, -0.15) is 0 Å². The van der Waals surface area contributed by atoms with Gasteiger partial charge in [-0.3, -0.25) is 0 Å². The van der Waals surface area contributed by atoms with Crippen LogP contribution in [0.2, 0.25) is 0 Å². The Balaban J connectivity index is 3.94. The minimum absolute atomic E-state index is 0.350. The van der Waals surface area contributed by atoms with Crippen LogP contribution in [0.4, 0.5) is 0 Å². The molecule has 2 unspecified atom stereocenters. The van der Waals surface area contributed by atoms with Crippen LogP contribution < -0.4 is 0 Å². The molecule has 0 aromatic heterocycles. The van der Waals surface area contributed by atoms with Crippen LogP contribution in [0.3, 0.4) is 0 Å². The average molecular weight is 147 g/mol. The molecule has 4 heteroatoms. The Labute approximate surface area is 60.1 Å². The maximum absolute atomic E-state index is 10.2. The largest absolute Gasteiger partial charge is 0.479 e. The number of likely N-dealkylation sites (N-methyl/N-ethyl adjacent to an activating group) is 1.